The van der Waals surface area contributed by atoms with Crippen LogP contribution in [0.5, 0.6) is 0 Å². The number of para-hydroxylation sites is 1. The van der Waals surface area contributed by atoms with Crippen molar-refractivity contribution in [1.82, 2.24) is 0 Å². The predicted molar refractivity (Wildman–Crippen MR) is 78.5 cm³/mol. The van der Waals surface area contributed by atoms with E-state index < -0.39 is 5.78 Å². The molecule has 0 aliphatic carbocycles. The number of nitrogen functional groups attached to an aromatic ring is 1. The number of benzene rings is 2. The second-order valence-corrected chi connectivity index (χ2v) is 4.70. The lowest BCUT2D eigenvalue weighted by Crippen LogP contribution is -2.17. The van der Waals surface area contributed by atoms with Crippen molar-refractivity contribution in [2.45, 2.75) is 0 Å². The smallest absolute Gasteiger partial charge is 0.214 e. The number of Topliss-reactive ketones (excluding diaryl/α,β-unsaturated/α-hetero) is 1. The summed E-state index contributed by atoms with van der Waals surface area (Å²) in [5.74, 6) is -0.548. The maximum Gasteiger partial charge on any atom is 0.214 e. The quantitative estimate of drug-likeness (QED) is 0.513. The Hall–Kier alpha value is -1.84. The van der Waals surface area contributed by atoms with E-state index in [-0.39, 0.29) is 21.3 Å². The molecule has 0 spiro atoms. The van der Waals surface area contributed by atoms with Gasteiger partial charge in [0.15, 0.2) is 0 Å². The molecule has 96 valence electrons. The molecular weight excluding hydrogens is 283 g/mol. The second-order valence-electron chi connectivity index (χ2n) is 3.89. The fourth-order valence-electron chi connectivity index (χ4n) is 1.69. The van der Waals surface area contributed by atoms with Crippen LogP contribution in [0.15, 0.2) is 42.5 Å². The zero-order chi connectivity index (χ0) is 14.0. The van der Waals surface area contributed by atoms with Gasteiger partial charge >= 0.3 is 0 Å². The molecule has 0 aliphatic heterocycles. The highest BCUT2D eigenvalue weighted by atomic mass is 35.5. The standard InChI is InChI=1S/C14H10Cl2N2O/c15-9-5-3-6-10(16)12(9)14(19)13(18)8-4-1-2-7-11(8)17/h1-7,18H,17H2. The summed E-state index contributed by atoms with van der Waals surface area (Å²) < 4.78 is 0. The van der Waals surface area contributed by atoms with Crippen molar-refractivity contribution in [3.05, 3.63) is 63.6 Å². The third kappa shape index (κ3) is 2.62. The molecule has 0 unspecified atom stereocenters. The van der Waals surface area contributed by atoms with Crippen LogP contribution in [0.2, 0.25) is 10.0 Å². The first kappa shape index (κ1) is 13.6. The van der Waals surface area contributed by atoms with E-state index >= 15 is 0 Å². The van der Waals surface area contributed by atoms with Crippen LogP contribution in [0.25, 0.3) is 0 Å². The first-order valence-electron chi connectivity index (χ1n) is 5.44. The maximum atomic E-state index is 12.3. The highest BCUT2D eigenvalue weighted by Gasteiger charge is 2.21. The van der Waals surface area contributed by atoms with Crippen molar-refractivity contribution in [2.75, 3.05) is 5.73 Å². The third-order valence-electron chi connectivity index (χ3n) is 2.65. The van der Waals surface area contributed by atoms with Crippen LogP contribution in [-0.4, -0.2) is 11.5 Å². The van der Waals surface area contributed by atoms with Crippen molar-refractivity contribution in [2.24, 2.45) is 0 Å². The van der Waals surface area contributed by atoms with Crippen LogP contribution in [-0.2, 0) is 0 Å². The average Bonchev–Trinajstić information content (AvgIpc) is 2.38. The average molecular weight is 293 g/mol. The number of anilines is 1. The zero-order valence-electron chi connectivity index (χ0n) is 9.78. The van der Waals surface area contributed by atoms with E-state index in [0.29, 0.717) is 11.3 Å². The first-order chi connectivity index (χ1) is 9.02. The lowest BCUT2D eigenvalue weighted by atomic mass is 9.99. The molecule has 0 fully saturated rings. The number of ketones is 1. The van der Waals surface area contributed by atoms with E-state index in [1.54, 1.807) is 42.5 Å². The Morgan fingerprint density at radius 2 is 1.58 bits per heavy atom. The third-order valence-corrected chi connectivity index (χ3v) is 3.28. The molecule has 3 nitrogen and oxygen atoms in total. The molecule has 2 aromatic carbocycles. The topological polar surface area (TPSA) is 66.9 Å². The molecule has 0 aliphatic rings. The lowest BCUT2D eigenvalue weighted by molar-refractivity contribution is 0.106. The van der Waals surface area contributed by atoms with Crippen LogP contribution < -0.4 is 5.73 Å². The molecule has 0 radical (unpaired) electrons. The number of rotatable bonds is 3. The van der Waals surface area contributed by atoms with Gasteiger partial charge in [-0.15, -0.1) is 0 Å². The van der Waals surface area contributed by atoms with Gasteiger partial charge in [0.2, 0.25) is 5.78 Å². The van der Waals surface area contributed by atoms with E-state index in [1.807, 2.05) is 0 Å². The molecule has 0 atom stereocenters. The van der Waals surface area contributed by atoms with Crippen LogP contribution >= 0.6 is 23.2 Å². The molecule has 0 heterocycles. The Morgan fingerprint density at radius 1 is 1.00 bits per heavy atom. The van der Waals surface area contributed by atoms with Gasteiger partial charge in [0.1, 0.15) is 5.71 Å². The summed E-state index contributed by atoms with van der Waals surface area (Å²) in [6.07, 6.45) is 0. The summed E-state index contributed by atoms with van der Waals surface area (Å²) in [6.45, 7) is 0. The van der Waals surface area contributed by atoms with E-state index in [2.05, 4.69) is 0 Å². The van der Waals surface area contributed by atoms with Gasteiger partial charge in [-0.1, -0.05) is 47.5 Å². The first-order valence-corrected chi connectivity index (χ1v) is 6.20. The van der Waals surface area contributed by atoms with Crippen molar-refractivity contribution < 1.29 is 4.79 Å². The van der Waals surface area contributed by atoms with Gasteiger partial charge in [-0.3, -0.25) is 10.2 Å². The van der Waals surface area contributed by atoms with Crippen molar-refractivity contribution in [1.29, 1.82) is 5.41 Å². The number of nitrogens with one attached hydrogen (secondary N) is 1. The summed E-state index contributed by atoms with van der Waals surface area (Å²) in [5, 5.41) is 8.40. The van der Waals surface area contributed by atoms with E-state index in [9.17, 15) is 4.79 Å². The van der Waals surface area contributed by atoms with Crippen molar-refractivity contribution in [3.8, 4) is 0 Å². The fourth-order valence-corrected chi connectivity index (χ4v) is 2.26. The molecule has 3 N–H and O–H groups in total. The Labute approximate surface area is 120 Å². The van der Waals surface area contributed by atoms with Crippen LogP contribution in [0, 0.1) is 5.41 Å². The summed E-state index contributed by atoms with van der Waals surface area (Å²) in [7, 11) is 0. The van der Waals surface area contributed by atoms with E-state index in [4.69, 9.17) is 34.3 Å². The van der Waals surface area contributed by atoms with Gasteiger partial charge in [-0.05, 0) is 18.2 Å². The number of hydrogen-bond acceptors (Lipinski definition) is 3. The molecular formula is C14H10Cl2N2O. The summed E-state index contributed by atoms with van der Waals surface area (Å²) >= 11 is 11.9. The molecule has 0 saturated carbocycles. The molecule has 0 amide bonds. The molecule has 0 aromatic heterocycles. The predicted octanol–water partition coefficient (Wildman–Crippen LogP) is 3.83. The SMILES string of the molecule is N=C(C(=O)c1c(Cl)cccc1Cl)c1ccccc1N. The molecule has 2 aromatic rings. The van der Waals surface area contributed by atoms with Crippen LogP contribution in [0.3, 0.4) is 0 Å². The number of hydrogen-bond donors (Lipinski definition) is 2. The van der Waals surface area contributed by atoms with Gasteiger partial charge in [0.05, 0.1) is 15.6 Å². The van der Waals surface area contributed by atoms with Crippen LogP contribution in [0.4, 0.5) is 5.69 Å². The minimum Gasteiger partial charge on any atom is -0.398 e. The van der Waals surface area contributed by atoms with Gasteiger partial charge in [0.25, 0.3) is 0 Å². The second kappa shape index (κ2) is 5.43. The Kier molecular flexibility index (Phi) is 3.88. The Balaban J connectivity index is 2.46. The molecule has 0 bridgehead atoms. The Morgan fingerprint density at radius 3 is 2.16 bits per heavy atom. The monoisotopic (exact) mass is 292 g/mol. The summed E-state index contributed by atoms with van der Waals surface area (Å²) in [5.41, 5.74) is 6.38. The van der Waals surface area contributed by atoms with E-state index in [0.717, 1.165) is 0 Å². The maximum absolute atomic E-state index is 12.3. The van der Waals surface area contributed by atoms with Crippen molar-refractivity contribution in [3.63, 3.8) is 0 Å². The highest BCUT2D eigenvalue weighted by molar-refractivity contribution is 6.55. The largest absolute Gasteiger partial charge is 0.398 e. The molecule has 0 saturated heterocycles. The minimum atomic E-state index is -0.548. The zero-order valence-corrected chi connectivity index (χ0v) is 11.3. The number of nitrogens with two attached hydrogens (primary N) is 1. The van der Waals surface area contributed by atoms with Gasteiger partial charge in [0, 0.05) is 11.3 Å². The van der Waals surface area contributed by atoms with Gasteiger partial charge in [-0.25, -0.2) is 0 Å². The molecule has 2 rings (SSSR count). The number of carbonyl (C=O) groups is 1. The summed E-state index contributed by atoms with van der Waals surface area (Å²) in [6, 6.07) is 11.4. The molecule has 19 heavy (non-hydrogen) atoms. The minimum absolute atomic E-state index is 0.124. The number of halogens is 2. The summed E-state index contributed by atoms with van der Waals surface area (Å²) in [4.78, 5) is 12.3. The molecule has 5 heteroatoms. The van der Waals surface area contributed by atoms with Crippen LogP contribution in [0.1, 0.15) is 15.9 Å². The normalized spacial score (nSPS) is 10.2. The fraction of sp³-hybridized carbons (Fsp3) is 0. The van der Waals surface area contributed by atoms with E-state index in [1.165, 1.54) is 0 Å². The lowest BCUT2D eigenvalue weighted by Gasteiger charge is -2.09. The number of carbonyl (C=O) groups excluding carboxylic acids is 1. The van der Waals surface area contributed by atoms with Gasteiger partial charge in [-0.2, -0.15) is 0 Å². The van der Waals surface area contributed by atoms with Gasteiger partial charge < -0.3 is 5.73 Å². The Bertz CT molecular complexity index is 648. The highest BCUT2D eigenvalue weighted by Crippen LogP contribution is 2.26. The van der Waals surface area contributed by atoms with Crippen molar-refractivity contribution >= 4 is 40.4 Å².